The number of carbonyl (C=O) groups is 2. The lowest BCUT2D eigenvalue weighted by atomic mass is 10.2. The number of carbonyl (C=O) groups excluding carboxylic acids is 2. The normalized spacial score (nSPS) is 16.6. The van der Waals surface area contributed by atoms with Gasteiger partial charge in [-0.25, -0.2) is 0 Å². The van der Waals surface area contributed by atoms with Crippen molar-refractivity contribution in [3.05, 3.63) is 47.2 Å². The fourth-order valence-corrected chi connectivity index (χ4v) is 4.57. The second-order valence-corrected chi connectivity index (χ2v) is 8.52. The molecule has 1 saturated heterocycles. The molecule has 2 aromatic rings. The predicted molar refractivity (Wildman–Crippen MR) is 114 cm³/mol. The summed E-state index contributed by atoms with van der Waals surface area (Å²) in [7, 11) is 0. The van der Waals surface area contributed by atoms with Crippen molar-refractivity contribution < 1.29 is 18.7 Å². The van der Waals surface area contributed by atoms with Gasteiger partial charge in [-0.15, -0.1) is 0 Å². The summed E-state index contributed by atoms with van der Waals surface area (Å²) in [6.07, 6.45) is 1.27. The van der Waals surface area contributed by atoms with Gasteiger partial charge in [0.25, 0.3) is 0 Å². The van der Waals surface area contributed by atoms with E-state index in [2.05, 4.69) is 0 Å². The van der Waals surface area contributed by atoms with Gasteiger partial charge in [0, 0.05) is 30.0 Å². The maximum absolute atomic E-state index is 12.7. The number of thioether (sulfide) groups is 1. The number of thiocarbonyl (C=S) groups is 1. The highest BCUT2D eigenvalue weighted by Gasteiger charge is 2.37. The van der Waals surface area contributed by atoms with Crippen LogP contribution in [0.4, 0.5) is 0 Å². The Bertz CT molecular complexity index is 865. The molecule has 0 radical (unpaired) electrons. The molecule has 0 spiro atoms. The van der Waals surface area contributed by atoms with Gasteiger partial charge in [-0.2, -0.15) is 0 Å². The molecule has 28 heavy (non-hydrogen) atoms. The summed E-state index contributed by atoms with van der Waals surface area (Å²) >= 11 is 12.6. The Kier molecular flexibility index (Phi) is 7.15. The van der Waals surface area contributed by atoms with Crippen LogP contribution in [0.1, 0.15) is 25.5 Å². The fourth-order valence-electron chi connectivity index (χ4n) is 2.88. The van der Waals surface area contributed by atoms with Crippen molar-refractivity contribution in [2.75, 3.05) is 13.2 Å². The van der Waals surface area contributed by atoms with E-state index in [9.17, 15) is 9.59 Å². The van der Waals surface area contributed by atoms with Crippen molar-refractivity contribution in [1.82, 2.24) is 4.90 Å². The van der Waals surface area contributed by atoms with Crippen molar-refractivity contribution in [3.63, 3.8) is 0 Å². The third kappa shape index (κ3) is 5.16. The van der Waals surface area contributed by atoms with Crippen LogP contribution in [0.3, 0.4) is 0 Å². The van der Waals surface area contributed by atoms with E-state index in [0.717, 1.165) is 17.1 Å². The highest BCUT2D eigenvalue weighted by atomic mass is 35.5. The summed E-state index contributed by atoms with van der Waals surface area (Å²) in [6.45, 7) is 2.55. The van der Waals surface area contributed by atoms with Gasteiger partial charge in [0.05, 0.1) is 11.9 Å². The third-order valence-corrected chi connectivity index (χ3v) is 6.09. The number of benzene rings is 1. The number of amides is 1. The minimum absolute atomic E-state index is 0.0386. The molecule has 2 heterocycles. The van der Waals surface area contributed by atoms with Crippen LogP contribution in [0.5, 0.6) is 0 Å². The van der Waals surface area contributed by atoms with Gasteiger partial charge in [0.15, 0.2) is 0 Å². The van der Waals surface area contributed by atoms with Crippen LogP contribution >= 0.6 is 35.6 Å². The van der Waals surface area contributed by atoms with Crippen LogP contribution in [0.2, 0.25) is 5.02 Å². The number of ether oxygens (including phenoxy) is 1. The summed E-state index contributed by atoms with van der Waals surface area (Å²) in [5, 5.41) is 0.361. The maximum Gasteiger partial charge on any atom is 0.305 e. The van der Waals surface area contributed by atoms with Crippen molar-refractivity contribution in [2.45, 2.75) is 31.4 Å². The van der Waals surface area contributed by atoms with Crippen LogP contribution in [0, 0.1) is 0 Å². The molecule has 0 aliphatic carbocycles. The van der Waals surface area contributed by atoms with Crippen LogP contribution in [-0.4, -0.2) is 39.5 Å². The van der Waals surface area contributed by atoms with E-state index in [1.54, 1.807) is 11.8 Å². The van der Waals surface area contributed by atoms with Gasteiger partial charge < -0.3 is 9.15 Å². The van der Waals surface area contributed by atoms with E-state index in [-0.39, 0.29) is 23.5 Å². The van der Waals surface area contributed by atoms with Crippen molar-refractivity contribution in [3.8, 4) is 11.3 Å². The molecule has 1 aliphatic heterocycles. The number of hydrogen-bond acceptors (Lipinski definition) is 6. The molecule has 5 nitrogen and oxygen atoms in total. The molecule has 0 N–H and O–H groups in total. The Hall–Kier alpha value is -1.83. The van der Waals surface area contributed by atoms with Crippen molar-refractivity contribution in [1.29, 1.82) is 0 Å². The third-order valence-electron chi connectivity index (χ3n) is 4.25. The first kappa shape index (κ1) is 20.9. The number of rotatable bonds is 8. The number of nitrogens with zero attached hydrogens (tertiary/aromatic N) is 1. The Morgan fingerprint density at radius 3 is 2.75 bits per heavy atom. The molecule has 148 valence electrons. The van der Waals surface area contributed by atoms with Gasteiger partial charge in [0.1, 0.15) is 15.8 Å². The molecule has 1 unspecified atom stereocenters. The van der Waals surface area contributed by atoms with E-state index in [4.69, 9.17) is 33.0 Å². The van der Waals surface area contributed by atoms with Crippen molar-refractivity contribution >= 4 is 51.8 Å². The van der Waals surface area contributed by atoms with Gasteiger partial charge in [-0.3, -0.25) is 14.5 Å². The maximum atomic E-state index is 12.7. The molecule has 1 fully saturated rings. The molecule has 1 amide bonds. The van der Waals surface area contributed by atoms with Crippen LogP contribution < -0.4 is 0 Å². The summed E-state index contributed by atoms with van der Waals surface area (Å²) in [6, 6.07) is 11.2. The van der Waals surface area contributed by atoms with Gasteiger partial charge in [0.2, 0.25) is 5.91 Å². The van der Waals surface area contributed by atoms with Gasteiger partial charge >= 0.3 is 5.97 Å². The average molecular weight is 438 g/mol. The van der Waals surface area contributed by atoms with Crippen LogP contribution in [-0.2, 0) is 20.7 Å². The first-order valence-electron chi connectivity index (χ1n) is 9.00. The molecule has 0 bridgehead atoms. The fraction of sp³-hybridized carbons (Fsp3) is 0.350. The summed E-state index contributed by atoms with van der Waals surface area (Å²) in [5.41, 5.74) is 0.928. The molecule has 1 atom stereocenters. The quantitative estimate of drug-likeness (QED) is 0.440. The predicted octanol–water partition coefficient (Wildman–Crippen LogP) is 4.71. The lowest BCUT2D eigenvalue weighted by Gasteiger charge is -2.14. The Morgan fingerprint density at radius 2 is 2.04 bits per heavy atom. The Labute approximate surface area is 178 Å². The number of esters is 1. The Balaban J connectivity index is 1.56. The van der Waals surface area contributed by atoms with E-state index in [1.807, 2.05) is 36.4 Å². The van der Waals surface area contributed by atoms with E-state index < -0.39 is 0 Å². The zero-order valence-electron chi connectivity index (χ0n) is 15.4. The van der Waals surface area contributed by atoms with Gasteiger partial charge in [-0.1, -0.05) is 35.6 Å². The van der Waals surface area contributed by atoms with Crippen LogP contribution in [0.25, 0.3) is 11.3 Å². The van der Waals surface area contributed by atoms with Crippen molar-refractivity contribution in [2.24, 2.45) is 0 Å². The highest BCUT2D eigenvalue weighted by molar-refractivity contribution is 8.24. The summed E-state index contributed by atoms with van der Waals surface area (Å²) in [5.74, 6) is 1.17. The minimum atomic E-state index is -0.306. The standard InChI is InChI=1S/C20H20ClNO4S2/c1-2-25-18(23)4-3-11-22-19(24)17(28-20(22)27)12-15-9-10-16(26-15)13-5-7-14(21)8-6-13/h5-10,17H,2-4,11-12H2,1H3. The summed E-state index contributed by atoms with van der Waals surface area (Å²) < 4.78 is 11.3. The van der Waals surface area contributed by atoms with Crippen LogP contribution in [0.15, 0.2) is 40.8 Å². The summed E-state index contributed by atoms with van der Waals surface area (Å²) in [4.78, 5) is 25.7. The SMILES string of the molecule is CCOC(=O)CCCN1C(=O)C(Cc2ccc(-c3ccc(Cl)cc3)o2)SC1=S. The largest absolute Gasteiger partial charge is 0.466 e. The van der Waals surface area contributed by atoms with E-state index in [1.165, 1.54) is 11.8 Å². The monoisotopic (exact) mass is 437 g/mol. The molecule has 1 aromatic carbocycles. The zero-order chi connectivity index (χ0) is 20.1. The lowest BCUT2D eigenvalue weighted by Crippen LogP contribution is -2.33. The molecule has 3 rings (SSSR count). The lowest BCUT2D eigenvalue weighted by molar-refractivity contribution is -0.143. The first-order chi connectivity index (χ1) is 13.5. The second kappa shape index (κ2) is 9.58. The van der Waals surface area contributed by atoms with Gasteiger partial charge in [-0.05, 0) is 49.7 Å². The zero-order valence-corrected chi connectivity index (χ0v) is 17.7. The second-order valence-electron chi connectivity index (χ2n) is 6.25. The molecule has 1 aliphatic rings. The number of hydrogen-bond donors (Lipinski definition) is 0. The smallest absolute Gasteiger partial charge is 0.305 e. The first-order valence-corrected chi connectivity index (χ1v) is 10.7. The van der Waals surface area contributed by atoms with E-state index in [0.29, 0.717) is 35.3 Å². The van der Waals surface area contributed by atoms with E-state index >= 15 is 0 Å². The molecule has 0 saturated carbocycles. The Morgan fingerprint density at radius 1 is 1.29 bits per heavy atom. The molecule has 8 heteroatoms. The minimum Gasteiger partial charge on any atom is -0.466 e. The molecular weight excluding hydrogens is 418 g/mol. The number of furan rings is 1. The highest BCUT2D eigenvalue weighted by Crippen LogP contribution is 2.32. The average Bonchev–Trinajstić information content (AvgIpc) is 3.23. The number of halogens is 1. The molecule has 1 aromatic heterocycles. The molecular formula is C20H20ClNO4S2. The topological polar surface area (TPSA) is 59.8 Å².